The summed E-state index contributed by atoms with van der Waals surface area (Å²) < 4.78 is 0. The van der Waals surface area contributed by atoms with Gasteiger partial charge in [-0.05, 0) is 31.8 Å². The molecular formula is C10H17N3O2. The van der Waals surface area contributed by atoms with Crippen LogP contribution >= 0.6 is 0 Å². The fourth-order valence-corrected chi connectivity index (χ4v) is 2.07. The molecule has 3 N–H and O–H groups in total. The Morgan fingerprint density at radius 3 is 2.93 bits per heavy atom. The molecule has 5 heteroatoms. The van der Waals surface area contributed by atoms with Crippen molar-refractivity contribution in [3.8, 4) is 0 Å². The van der Waals surface area contributed by atoms with Crippen molar-refractivity contribution >= 4 is 11.8 Å². The first-order valence-electron chi connectivity index (χ1n) is 5.53. The summed E-state index contributed by atoms with van der Waals surface area (Å²) in [4.78, 5) is 22.5. The molecular weight excluding hydrogens is 194 g/mol. The summed E-state index contributed by atoms with van der Waals surface area (Å²) in [6.07, 6.45) is 2.23. The highest BCUT2D eigenvalue weighted by molar-refractivity contribution is 5.90. The molecule has 0 aromatic carbocycles. The zero-order valence-electron chi connectivity index (χ0n) is 8.71. The fraction of sp³-hybridized carbons (Fsp3) is 0.800. The van der Waals surface area contributed by atoms with Crippen molar-refractivity contribution in [2.45, 2.75) is 25.3 Å². The van der Waals surface area contributed by atoms with Crippen LogP contribution in [0.2, 0.25) is 0 Å². The zero-order valence-corrected chi connectivity index (χ0v) is 8.71. The van der Waals surface area contributed by atoms with E-state index in [0.717, 1.165) is 26.1 Å². The first kappa shape index (κ1) is 10.4. The topological polar surface area (TPSA) is 70.2 Å². The van der Waals surface area contributed by atoms with Crippen molar-refractivity contribution in [1.29, 1.82) is 0 Å². The van der Waals surface area contributed by atoms with Crippen LogP contribution in [0.1, 0.15) is 19.3 Å². The third-order valence-electron chi connectivity index (χ3n) is 3.04. The SMILES string of the molecule is O=C1CC[C@H](C(=O)NCC2CCNC2)N1. The van der Waals surface area contributed by atoms with Crippen molar-refractivity contribution in [2.24, 2.45) is 5.92 Å². The highest BCUT2D eigenvalue weighted by Gasteiger charge is 2.27. The van der Waals surface area contributed by atoms with Crippen LogP contribution in [-0.4, -0.2) is 37.5 Å². The van der Waals surface area contributed by atoms with Crippen LogP contribution in [0.4, 0.5) is 0 Å². The molecule has 0 aromatic heterocycles. The maximum Gasteiger partial charge on any atom is 0.242 e. The zero-order chi connectivity index (χ0) is 10.7. The Balaban J connectivity index is 1.70. The largest absolute Gasteiger partial charge is 0.354 e. The van der Waals surface area contributed by atoms with Crippen LogP contribution in [-0.2, 0) is 9.59 Å². The maximum absolute atomic E-state index is 11.6. The van der Waals surface area contributed by atoms with Crippen molar-refractivity contribution in [2.75, 3.05) is 19.6 Å². The van der Waals surface area contributed by atoms with E-state index in [1.807, 2.05) is 0 Å². The van der Waals surface area contributed by atoms with Crippen molar-refractivity contribution in [3.63, 3.8) is 0 Å². The molecule has 2 amide bonds. The predicted octanol–water partition coefficient (Wildman–Crippen LogP) is -1.01. The Morgan fingerprint density at radius 2 is 2.33 bits per heavy atom. The lowest BCUT2D eigenvalue weighted by atomic mass is 10.1. The van der Waals surface area contributed by atoms with Crippen LogP contribution in [0.25, 0.3) is 0 Å². The lowest BCUT2D eigenvalue weighted by molar-refractivity contribution is -0.125. The van der Waals surface area contributed by atoms with E-state index in [9.17, 15) is 9.59 Å². The minimum Gasteiger partial charge on any atom is -0.354 e. The van der Waals surface area contributed by atoms with E-state index in [1.54, 1.807) is 0 Å². The molecule has 0 spiro atoms. The van der Waals surface area contributed by atoms with Crippen LogP contribution < -0.4 is 16.0 Å². The van der Waals surface area contributed by atoms with Gasteiger partial charge in [-0.15, -0.1) is 0 Å². The molecule has 0 radical (unpaired) electrons. The summed E-state index contributed by atoms with van der Waals surface area (Å²) in [6.45, 7) is 2.75. The average molecular weight is 211 g/mol. The second-order valence-corrected chi connectivity index (χ2v) is 4.26. The Hall–Kier alpha value is -1.10. The number of carbonyl (C=O) groups excluding carboxylic acids is 2. The first-order valence-corrected chi connectivity index (χ1v) is 5.53. The molecule has 0 bridgehead atoms. The molecule has 2 aliphatic rings. The van der Waals surface area contributed by atoms with E-state index in [4.69, 9.17) is 0 Å². The molecule has 0 saturated carbocycles. The Labute approximate surface area is 89.0 Å². The summed E-state index contributed by atoms with van der Waals surface area (Å²) in [7, 11) is 0. The molecule has 2 aliphatic heterocycles. The molecule has 0 aliphatic carbocycles. The second-order valence-electron chi connectivity index (χ2n) is 4.26. The Bertz CT molecular complexity index is 261. The molecule has 2 saturated heterocycles. The highest BCUT2D eigenvalue weighted by Crippen LogP contribution is 2.08. The third kappa shape index (κ3) is 2.68. The van der Waals surface area contributed by atoms with Gasteiger partial charge in [0.15, 0.2) is 0 Å². The number of nitrogens with one attached hydrogen (secondary N) is 3. The Morgan fingerprint density at radius 1 is 1.47 bits per heavy atom. The monoisotopic (exact) mass is 211 g/mol. The van der Waals surface area contributed by atoms with Gasteiger partial charge in [-0.25, -0.2) is 0 Å². The number of amides is 2. The summed E-state index contributed by atoms with van der Waals surface area (Å²) in [5, 5.41) is 8.81. The van der Waals surface area contributed by atoms with Crippen molar-refractivity contribution < 1.29 is 9.59 Å². The smallest absolute Gasteiger partial charge is 0.242 e. The lowest BCUT2D eigenvalue weighted by Gasteiger charge is -2.13. The molecule has 0 aromatic rings. The van der Waals surface area contributed by atoms with Gasteiger partial charge in [-0.2, -0.15) is 0 Å². The van der Waals surface area contributed by atoms with E-state index in [2.05, 4.69) is 16.0 Å². The average Bonchev–Trinajstić information content (AvgIpc) is 2.84. The third-order valence-corrected chi connectivity index (χ3v) is 3.04. The molecule has 1 unspecified atom stereocenters. The van der Waals surface area contributed by atoms with E-state index < -0.39 is 0 Å². The van der Waals surface area contributed by atoms with Crippen LogP contribution in [0.5, 0.6) is 0 Å². The molecule has 84 valence electrons. The summed E-state index contributed by atoms with van der Waals surface area (Å²) in [5.41, 5.74) is 0. The number of hydrogen-bond donors (Lipinski definition) is 3. The van der Waals surface area contributed by atoms with Crippen molar-refractivity contribution in [3.05, 3.63) is 0 Å². The minimum atomic E-state index is -0.299. The summed E-state index contributed by atoms with van der Waals surface area (Å²) in [6, 6.07) is -0.299. The van der Waals surface area contributed by atoms with Gasteiger partial charge in [0.25, 0.3) is 0 Å². The van der Waals surface area contributed by atoms with Gasteiger partial charge >= 0.3 is 0 Å². The van der Waals surface area contributed by atoms with Gasteiger partial charge in [0.05, 0.1) is 0 Å². The normalized spacial score (nSPS) is 30.3. The molecule has 2 rings (SSSR count). The van der Waals surface area contributed by atoms with Crippen LogP contribution in [0.15, 0.2) is 0 Å². The quantitative estimate of drug-likeness (QED) is 0.560. The molecule has 2 atom stereocenters. The van der Waals surface area contributed by atoms with Gasteiger partial charge in [0.2, 0.25) is 11.8 Å². The fourth-order valence-electron chi connectivity index (χ4n) is 2.07. The van der Waals surface area contributed by atoms with Gasteiger partial charge < -0.3 is 16.0 Å². The number of hydrogen-bond acceptors (Lipinski definition) is 3. The van der Waals surface area contributed by atoms with E-state index in [0.29, 0.717) is 18.8 Å². The Kier molecular flexibility index (Phi) is 3.20. The molecule has 2 fully saturated rings. The maximum atomic E-state index is 11.6. The standard InChI is InChI=1S/C10H17N3O2/c14-9-2-1-8(13-9)10(15)12-6-7-3-4-11-5-7/h7-8,11H,1-6H2,(H,12,15)(H,13,14)/t7?,8-/m1/s1. The van der Waals surface area contributed by atoms with Gasteiger partial charge in [0, 0.05) is 13.0 Å². The van der Waals surface area contributed by atoms with Gasteiger partial charge in [-0.1, -0.05) is 0 Å². The van der Waals surface area contributed by atoms with E-state index >= 15 is 0 Å². The van der Waals surface area contributed by atoms with Crippen LogP contribution in [0, 0.1) is 5.92 Å². The number of carbonyl (C=O) groups is 2. The van der Waals surface area contributed by atoms with Gasteiger partial charge in [0.1, 0.15) is 6.04 Å². The minimum absolute atomic E-state index is 0.0160. The van der Waals surface area contributed by atoms with E-state index in [1.165, 1.54) is 0 Å². The summed E-state index contributed by atoms with van der Waals surface area (Å²) in [5.74, 6) is 0.497. The van der Waals surface area contributed by atoms with Crippen LogP contribution in [0.3, 0.4) is 0 Å². The van der Waals surface area contributed by atoms with E-state index in [-0.39, 0.29) is 17.9 Å². The second kappa shape index (κ2) is 4.61. The predicted molar refractivity (Wildman–Crippen MR) is 55.2 cm³/mol. The molecule has 15 heavy (non-hydrogen) atoms. The lowest BCUT2D eigenvalue weighted by Crippen LogP contribution is -2.43. The molecule has 2 heterocycles. The first-order chi connectivity index (χ1) is 7.25. The highest BCUT2D eigenvalue weighted by atomic mass is 16.2. The molecule has 5 nitrogen and oxygen atoms in total. The van der Waals surface area contributed by atoms with Gasteiger partial charge in [-0.3, -0.25) is 9.59 Å². The van der Waals surface area contributed by atoms with Crippen molar-refractivity contribution in [1.82, 2.24) is 16.0 Å². The summed E-state index contributed by atoms with van der Waals surface area (Å²) >= 11 is 0. The number of rotatable bonds is 3.